The van der Waals surface area contributed by atoms with E-state index in [0.29, 0.717) is 19.8 Å². The second-order valence-electron chi connectivity index (χ2n) is 8.35. The van der Waals surface area contributed by atoms with E-state index in [0.717, 1.165) is 44.7 Å². The van der Waals surface area contributed by atoms with Gasteiger partial charge in [-0.25, -0.2) is 0 Å². The van der Waals surface area contributed by atoms with Gasteiger partial charge in [-0.1, -0.05) is 60.2 Å². The van der Waals surface area contributed by atoms with Crippen molar-refractivity contribution in [2.24, 2.45) is 0 Å². The van der Waals surface area contributed by atoms with Crippen LogP contribution >= 0.6 is 0 Å². The number of hydrogen-bond donors (Lipinski definition) is 1. The molecule has 2 aliphatic rings. The minimum Gasteiger partial charge on any atom is -0.381 e. The zero-order valence-corrected chi connectivity index (χ0v) is 17.8. The minimum atomic E-state index is -0.512. The smallest absolute Gasteiger partial charge is 0.230 e. The van der Waals surface area contributed by atoms with Crippen molar-refractivity contribution in [1.82, 2.24) is 10.2 Å². The maximum absolute atomic E-state index is 13.6. The molecule has 0 spiro atoms. The summed E-state index contributed by atoms with van der Waals surface area (Å²) in [5, 5.41) is 3.33. The molecule has 2 aromatic rings. The topological polar surface area (TPSA) is 50.8 Å². The SMILES string of the molecule is Cc1ccc([C@H](CNC(=O)C2(c3ccccc3)CCOCC2)N2CCOCC2)cc1. The molecule has 0 bridgehead atoms. The van der Waals surface area contributed by atoms with E-state index in [1.165, 1.54) is 11.1 Å². The zero-order valence-electron chi connectivity index (χ0n) is 17.8. The highest BCUT2D eigenvalue weighted by Gasteiger charge is 2.41. The van der Waals surface area contributed by atoms with E-state index >= 15 is 0 Å². The lowest BCUT2D eigenvalue weighted by molar-refractivity contribution is -0.130. The Morgan fingerprint density at radius 3 is 2.27 bits per heavy atom. The van der Waals surface area contributed by atoms with Crippen LogP contribution in [0.2, 0.25) is 0 Å². The molecular formula is C25H32N2O3. The van der Waals surface area contributed by atoms with Crippen LogP contribution in [0.25, 0.3) is 0 Å². The average Bonchev–Trinajstić information content (AvgIpc) is 2.82. The normalized spacial score (nSPS) is 20.4. The molecule has 1 N–H and O–H groups in total. The van der Waals surface area contributed by atoms with Crippen LogP contribution in [-0.4, -0.2) is 56.9 Å². The molecule has 0 aliphatic carbocycles. The van der Waals surface area contributed by atoms with Gasteiger partial charge in [0, 0.05) is 32.8 Å². The number of rotatable bonds is 6. The predicted molar refractivity (Wildman–Crippen MR) is 117 cm³/mol. The van der Waals surface area contributed by atoms with Gasteiger partial charge in [0.25, 0.3) is 0 Å². The van der Waals surface area contributed by atoms with Gasteiger partial charge in [-0.3, -0.25) is 9.69 Å². The first kappa shape index (κ1) is 21.0. The third-order valence-corrected chi connectivity index (χ3v) is 6.51. The Balaban J connectivity index is 1.54. The Kier molecular flexibility index (Phi) is 6.82. The maximum Gasteiger partial charge on any atom is 0.230 e. The van der Waals surface area contributed by atoms with Gasteiger partial charge >= 0.3 is 0 Å². The molecule has 0 aromatic heterocycles. The molecule has 2 fully saturated rings. The third kappa shape index (κ3) is 4.59. The highest BCUT2D eigenvalue weighted by Crippen LogP contribution is 2.35. The summed E-state index contributed by atoms with van der Waals surface area (Å²) in [5.41, 5.74) is 3.06. The maximum atomic E-state index is 13.6. The van der Waals surface area contributed by atoms with Crippen molar-refractivity contribution in [1.29, 1.82) is 0 Å². The number of ether oxygens (including phenoxy) is 2. The summed E-state index contributed by atoms with van der Waals surface area (Å²) in [4.78, 5) is 16.0. The Bertz CT molecular complexity index is 810. The summed E-state index contributed by atoms with van der Waals surface area (Å²) < 4.78 is 11.2. The van der Waals surface area contributed by atoms with E-state index in [2.05, 4.69) is 53.5 Å². The molecule has 5 nitrogen and oxygen atoms in total. The number of benzene rings is 2. The standard InChI is InChI=1S/C25H32N2O3/c1-20-7-9-21(10-8-20)23(27-13-17-30-18-14-27)19-26-24(28)25(11-15-29-16-12-25)22-5-3-2-4-6-22/h2-10,23H,11-19H2,1H3,(H,26,28)/t23-/m0/s1. The number of hydrogen-bond acceptors (Lipinski definition) is 4. The van der Waals surface area contributed by atoms with Gasteiger partial charge in [0.2, 0.25) is 5.91 Å². The molecule has 5 heteroatoms. The highest BCUT2D eigenvalue weighted by atomic mass is 16.5. The quantitative estimate of drug-likeness (QED) is 0.797. The number of amides is 1. The van der Waals surface area contributed by atoms with Crippen LogP contribution < -0.4 is 5.32 Å². The molecule has 2 aromatic carbocycles. The fourth-order valence-electron chi connectivity index (χ4n) is 4.62. The van der Waals surface area contributed by atoms with Crippen LogP contribution in [0.3, 0.4) is 0 Å². The van der Waals surface area contributed by atoms with Crippen LogP contribution in [-0.2, 0) is 19.7 Å². The highest BCUT2D eigenvalue weighted by molar-refractivity contribution is 5.88. The van der Waals surface area contributed by atoms with E-state index in [4.69, 9.17) is 9.47 Å². The average molecular weight is 409 g/mol. The molecule has 0 unspecified atom stereocenters. The van der Waals surface area contributed by atoms with E-state index < -0.39 is 5.41 Å². The molecule has 2 aliphatic heterocycles. The van der Waals surface area contributed by atoms with Crippen LogP contribution in [0.4, 0.5) is 0 Å². The Morgan fingerprint density at radius 2 is 1.60 bits per heavy atom. The van der Waals surface area contributed by atoms with Crippen molar-refractivity contribution in [3.63, 3.8) is 0 Å². The van der Waals surface area contributed by atoms with Crippen molar-refractivity contribution < 1.29 is 14.3 Å². The van der Waals surface area contributed by atoms with E-state index in [-0.39, 0.29) is 11.9 Å². The van der Waals surface area contributed by atoms with Gasteiger partial charge in [-0.05, 0) is 30.9 Å². The second-order valence-corrected chi connectivity index (χ2v) is 8.35. The van der Waals surface area contributed by atoms with Crippen LogP contribution in [0.1, 0.15) is 35.6 Å². The molecule has 0 saturated carbocycles. The van der Waals surface area contributed by atoms with Crippen molar-refractivity contribution in [2.75, 3.05) is 46.1 Å². The number of carbonyl (C=O) groups is 1. The van der Waals surface area contributed by atoms with Crippen LogP contribution in [0.15, 0.2) is 54.6 Å². The fraction of sp³-hybridized carbons (Fsp3) is 0.480. The molecular weight excluding hydrogens is 376 g/mol. The fourth-order valence-corrected chi connectivity index (χ4v) is 4.62. The van der Waals surface area contributed by atoms with Gasteiger partial charge in [0.1, 0.15) is 0 Å². The molecule has 2 heterocycles. The monoisotopic (exact) mass is 408 g/mol. The second kappa shape index (κ2) is 9.73. The zero-order chi connectivity index (χ0) is 20.8. The van der Waals surface area contributed by atoms with E-state index in [1.54, 1.807) is 0 Å². The van der Waals surface area contributed by atoms with Crippen LogP contribution in [0, 0.1) is 6.92 Å². The number of morpholine rings is 1. The summed E-state index contributed by atoms with van der Waals surface area (Å²) in [6, 6.07) is 19.0. The van der Waals surface area contributed by atoms with Gasteiger partial charge < -0.3 is 14.8 Å². The van der Waals surface area contributed by atoms with Crippen molar-refractivity contribution in [3.8, 4) is 0 Å². The van der Waals surface area contributed by atoms with Gasteiger partial charge in [0.15, 0.2) is 0 Å². The lowest BCUT2D eigenvalue weighted by Gasteiger charge is -2.38. The van der Waals surface area contributed by atoms with Crippen molar-refractivity contribution in [3.05, 3.63) is 71.3 Å². The lowest BCUT2D eigenvalue weighted by atomic mass is 9.73. The van der Waals surface area contributed by atoms with Gasteiger partial charge in [0.05, 0.1) is 24.7 Å². The first-order chi connectivity index (χ1) is 14.7. The van der Waals surface area contributed by atoms with Gasteiger partial charge in [-0.2, -0.15) is 0 Å². The van der Waals surface area contributed by atoms with Crippen molar-refractivity contribution >= 4 is 5.91 Å². The summed E-state index contributed by atoms with van der Waals surface area (Å²) in [7, 11) is 0. The van der Waals surface area contributed by atoms with Crippen LogP contribution in [0.5, 0.6) is 0 Å². The summed E-state index contributed by atoms with van der Waals surface area (Å²) in [5.74, 6) is 0.113. The summed E-state index contributed by atoms with van der Waals surface area (Å²) in [6.07, 6.45) is 1.44. The summed E-state index contributed by atoms with van der Waals surface area (Å²) >= 11 is 0. The molecule has 1 amide bonds. The lowest BCUT2D eigenvalue weighted by Crippen LogP contribution is -2.51. The number of nitrogens with zero attached hydrogens (tertiary/aromatic N) is 1. The third-order valence-electron chi connectivity index (χ3n) is 6.51. The molecule has 30 heavy (non-hydrogen) atoms. The molecule has 1 atom stereocenters. The molecule has 0 radical (unpaired) electrons. The molecule has 2 saturated heterocycles. The molecule has 4 rings (SSSR count). The van der Waals surface area contributed by atoms with E-state index in [9.17, 15) is 4.79 Å². The first-order valence-corrected chi connectivity index (χ1v) is 11.0. The minimum absolute atomic E-state index is 0.113. The van der Waals surface area contributed by atoms with Crippen molar-refractivity contribution in [2.45, 2.75) is 31.2 Å². The number of aryl methyl sites for hydroxylation is 1. The largest absolute Gasteiger partial charge is 0.381 e. The Hall–Kier alpha value is -2.21. The Labute approximate surface area is 179 Å². The predicted octanol–water partition coefficient (Wildman–Crippen LogP) is 3.23. The molecule has 160 valence electrons. The first-order valence-electron chi connectivity index (χ1n) is 11.0. The number of carbonyl (C=O) groups excluding carboxylic acids is 1. The van der Waals surface area contributed by atoms with Gasteiger partial charge in [-0.15, -0.1) is 0 Å². The van der Waals surface area contributed by atoms with E-state index in [1.807, 2.05) is 18.2 Å². The summed E-state index contributed by atoms with van der Waals surface area (Å²) in [6.45, 7) is 7.17. The Morgan fingerprint density at radius 1 is 0.967 bits per heavy atom. The number of nitrogens with one attached hydrogen (secondary N) is 1.